The third kappa shape index (κ3) is 5.83. The Hall–Kier alpha value is -4.34. The molecule has 1 aliphatic rings. The standard InChI is InChI=1S/C33H29ClN4O4S/c1-20(29-17-24-10-7-13-27(34)30(24)33(40)38(29)25-11-4-3-5-12-25)36-32(39)31-21(2)35-18-28(37-31)23-9-6-8-22(16-23)19-43(41,42)26-14-15-26/h3-13,16-18,20,26H,14-15,19H2,1-2H3,(H,36,39)/t20-/m0/s1. The maximum atomic E-state index is 13.7. The SMILES string of the molecule is Cc1ncc(-c2cccc(CS(=O)(=O)C3CC3)c2)nc1C(=O)N[C@@H](C)c1cc2cccc(Cl)c2c(=O)n1-c1ccccc1. The van der Waals surface area contributed by atoms with E-state index in [9.17, 15) is 18.0 Å². The van der Waals surface area contributed by atoms with Crippen molar-refractivity contribution in [2.45, 2.75) is 43.7 Å². The number of benzene rings is 3. The van der Waals surface area contributed by atoms with E-state index in [2.05, 4.69) is 15.3 Å². The molecule has 1 amide bonds. The summed E-state index contributed by atoms with van der Waals surface area (Å²) in [6.07, 6.45) is 3.01. The van der Waals surface area contributed by atoms with Crippen LogP contribution >= 0.6 is 11.6 Å². The summed E-state index contributed by atoms with van der Waals surface area (Å²) in [6, 6.07) is 22.9. The van der Waals surface area contributed by atoms with Gasteiger partial charge in [0.25, 0.3) is 11.5 Å². The Morgan fingerprint density at radius 3 is 2.53 bits per heavy atom. The number of aryl methyl sites for hydroxylation is 1. The molecular weight excluding hydrogens is 584 g/mol. The minimum absolute atomic E-state index is 0.0320. The Bertz CT molecular complexity index is 2040. The van der Waals surface area contributed by atoms with Crippen molar-refractivity contribution in [1.82, 2.24) is 19.9 Å². The van der Waals surface area contributed by atoms with Gasteiger partial charge in [0.05, 0.1) is 45.0 Å². The summed E-state index contributed by atoms with van der Waals surface area (Å²) in [5, 5.41) is 4.17. The molecule has 1 aliphatic carbocycles. The van der Waals surface area contributed by atoms with Crippen LogP contribution in [0.1, 0.15) is 53.2 Å². The molecule has 10 heteroatoms. The molecule has 1 N–H and O–H groups in total. The summed E-state index contributed by atoms with van der Waals surface area (Å²) in [6.45, 7) is 3.51. The van der Waals surface area contributed by atoms with Gasteiger partial charge in [-0.15, -0.1) is 0 Å². The highest BCUT2D eigenvalue weighted by Gasteiger charge is 2.35. The molecule has 0 unspecified atom stereocenters. The van der Waals surface area contributed by atoms with E-state index in [4.69, 9.17) is 11.6 Å². The molecule has 8 nitrogen and oxygen atoms in total. The lowest BCUT2D eigenvalue weighted by atomic mass is 10.1. The normalized spacial score (nSPS) is 14.0. The molecule has 3 aromatic carbocycles. The fraction of sp³-hybridized carbons (Fsp3) is 0.212. The van der Waals surface area contributed by atoms with Crippen molar-refractivity contribution in [2.75, 3.05) is 0 Å². The van der Waals surface area contributed by atoms with Crippen molar-refractivity contribution in [3.8, 4) is 16.9 Å². The Morgan fingerprint density at radius 2 is 1.79 bits per heavy atom. The van der Waals surface area contributed by atoms with Crippen LogP contribution in [-0.4, -0.2) is 34.1 Å². The minimum Gasteiger partial charge on any atom is -0.343 e. The number of halogens is 1. The monoisotopic (exact) mass is 612 g/mol. The van der Waals surface area contributed by atoms with Crippen LogP contribution in [0.4, 0.5) is 0 Å². The van der Waals surface area contributed by atoms with Crippen molar-refractivity contribution < 1.29 is 13.2 Å². The summed E-state index contributed by atoms with van der Waals surface area (Å²) in [5.74, 6) is -0.486. The van der Waals surface area contributed by atoms with Crippen molar-refractivity contribution in [3.05, 3.63) is 123 Å². The fourth-order valence-corrected chi connectivity index (χ4v) is 7.24. The molecule has 2 aromatic heterocycles. The van der Waals surface area contributed by atoms with Gasteiger partial charge in [-0.3, -0.25) is 19.1 Å². The van der Waals surface area contributed by atoms with Crippen molar-refractivity contribution in [1.29, 1.82) is 0 Å². The lowest BCUT2D eigenvalue weighted by Crippen LogP contribution is -2.33. The minimum atomic E-state index is -3.18. The van der Waals surface area contributed by atoms with E-state index < -0.39 is 21.8 Å². The number of fused-ring (bicyclic) bond motifs is 1. The molecule has 0 radical (unpaired) electrons. The second kappa shape index (κ2) is 11.4. The molecule has 1 fully saturated rings. The maximum Gasteiger partial charge on any atom is 0.272 e. The van der Waals surface area contributed by atoms with Crippen molar-refractivity contribution in [3.63, 3.8) is 0 Å². The molecule has 1 atom stereocenters. The van der Waals surface area contributed by atoms with Crippen LogP contribution < -0.4 is 10.9 Å². The van der Waals surface area contributed by atoms with Crippen LogP contribution in [0.15, 0.2) is 89.9 Å². The maximum absolute atomic E-state index is 13.7. The summed E-state index contributed by atoms with van der Waals surface area (Å²) in [7, 11) is -3.18. The molecule has 0 bridgehead atoms. The van der Waals surface area contributed by atoms with Gasteiger partial charge < -0.3 is 5.32 Å². The van der Waals surface area contributed by atoms with Gasteiger partial charge in [-0.1, -0.05) is 60.1 Å². The van der Waals surface area contributed by atoms with E-state index in [1.165, 1.54) is 0 Å². The van der Waals surface area contributed by atoms with E-state index in [1.807, 2.05) is 48.5 Å². The van der Waals surface area contributed by atoms with Gasteiger partial charge in [-0.2, -0.15) is 0 Å². The number of para-hydroxylation sites is 1. The van der Waals surface area contributed by atoms with Crippen LogP contribution in [0.3, 0.4) is 0 Å². The van der Waals surface area contributed by atoms with Gasteiger partial charge in [-0.25, -0.2) is 13.4 Å². The Labute approximate surface area is 254 Å². The number of carbonyl (C=O) groups is 1. The molecule has 2 heterocycles. The van der Waals surface area contributed by atoms with Gasteiger partial charge in [0.15, 0.2) is 9.84 Å². The molecule has 1 saturated carbocycles. The lowest BCUT2D eigenvalue weighted by molar-refractivity contribution is 0.0932. The van der Waals surface area contributed by atoms with Crippen LogP contribution in [0.25, 0.3) is 27.7 Å². The Balaban J connectivity index is 1.33. The molecule has 218 valence electrons. The average Bonchev–Trinajstić information content (AvgIpc) is 3.84. The van der Waals surface area contributed by atoms with Crippen LogP contribution in [-0.2, 0) is 15.6 Å². The molecule has 0 saturated heterocycles. The van der Waals surface area contributed by atoms with E-state index in [1.54, 1.807) is 54.9 Å². The third-order valence-corrected chi connectivity index (χ3v) is 10.2. The van der Waals surface area contributed by atoms with Gasteiger partial charge in [0.1, 0.15) is 5.69 Å². The first-order valence-corrected chi connectivity index (χ1v) is 16.1. The topological polar surface area (TPSA) is 111 Å². The second-order valence-corrected chi connectivity index (χ2v) is 13.5. The Morgan fingerprint density at radius 1 is 1.05 bits per heavy atom. The zero-order valence-corrected chi connectivity index (χ0v) is 25.2. The summed E-state index contributed by atoms with van der Waals surface area (Å²) < 4.78 is 26.6. The van der Waals surface area contributed by atoms with Crippen LogP contribution in [0.2, 0.25) is 5.02 Å². The molecule has 0 aliphatic heterocycles. The van der Waals surface area contributed by atoms with Crippen molar-refractivity contribution in [2.24, 2.45) is 0 Å². The number of hydrogen-bond donors (Lipinski definition) is 1. The first-order chi connectivity index (χ1) is 20.6. The first-order valence-electron chi connectivity index (χ1n) is 14.0. The van der Waals surface area contributed by atoms with Crippen LogP contribution in [0, 0.1) is 6.92 Å². The molecule has 6 rings (SSSR count). The van der Waals surface area contributed by atoms with Gasteiger partial charge in [0, 0.05) is 16.9 Å². The predicted octanol–water partition coefficient (Wildman–Crippen LogP) is 5.98. The zero-order valence-electron chi connectivity index (χ0n) is 23.6. The highest BCUT2D eigenvalue weighted by atomic mass is 35.5. The Kier molecular flexibility index (Phi) is 7.62. The number of aromatic nitrogens is 3. The fourth-order valence-electron chi connectivity index (χ4n) is 5.24. The number of sulfone groups is 1. The quantitative estimate of drug-likeness (QED) is 0.231. The number of amides is 1. The molecule has 5 aromatic rings. The highest BCUT2D eigenvalue weighted by molar-refractivity contribution is 7.91. The molecule has 0 spiro atoms. The highest BCUT2D eigenvalue weighted by Crippen LogP contribution is 2.32. The van der Waals surface area contributed by atoms with Gasteiger partial charge >= 0.3 is 0 Å². The van der Waals surface area contributed by atoms with Crippen LogP contribution in [0.5, 0.6) is 0 Å². The summed E-state index contributed by atoms with van der Waals surface area (Å²) in [5.41, 5.74) is 3.30. The molecule has 43 heavy (non-hydrogen) atoms. The zero-order chi connectivity index (χ0) is 30.3. The summed E-state index contributed by atoms with van der Waals surface area (Å²) >= 11 is 6.43. The van der Waals surface area contributed by atoms with Crippen molar-refractivity contribution >= 4 is 38.1 Å². The first kappa shape index (κ1) is 28.8. The summed E-state index contributed by atoms with van der Waals surface area (Å²) in [4.78, 5) is 36.4. The lowest BCUT2D eigenvalue weighted by Gasteiger charge is -2.21. The number of carbonyl (C=O) groups excluding carboxylic acids is 1. The largest absolute Gasteiger partial charge is 0.343 e. The average molecular weight is 613 g/mol. The van der Waals surface area contributed by atoms with E-state index >= 15 is 0 Å². The van der Waals surface area contributed by atoms with Gasteiger partial charge in [0.2, 0.25) is 0 Å². The molecular formula is C33H29ClN4O4S. The van der Waals surface area contributed by atoms with E-state index in [0.29, 0.717) is 49.7 Å². The number of pyridine rings is 1. The third-order valence-electron chi connectivity index (χ3n) is 7.62. The number of hydrogen-bond acceptors (Lipinski definition) is 6. The predicted molar refractivity (Wildman–Crippen MR) is 168 cm³/mol. The van der Waals surface area contributed by atoms with E-state index in [0.717, 1.165) is 12.8 Å². The van der Waals surface area contributed by atoms with E-state index in [-0.39, 0.29) is 22.3 Å². The number of rotatable bonds is 8. The smallest absolute Gasteiger partial charge is 0.272 e. The number of nitrogens with zero attached hydrogens (tertiary/aromatic N) is 3. The number of nitrogens with one attached hydrogen (secondary N) is 1. The van der Waals surface area contributed by atoms with Gasteiger partial charge in [-0.05, 0) is 68.0 Å². The second-order valence-electron chi connectivity index (χ2n) is 10.8.